The molecule has 0 atom stereocenters. The second-order valence-electron chi connectivity index (χ2n) is 1.81. The summed E-state index contributed by atoms with van der Waals surface area (Å²) >= 11 is 0. The lowest BCUT2D eigenvalue weighted by Crippen LogP contribution is -1.98. The van der Waals surface area contributed by atoms with Crippen LogP contribution < -0.4 is 0 Å². The molecule has 0 heterocycles. The first-order valence-electron chi connectivity index (χ1n) is 3.41. The molecule has 0 aromatic rings. The summed E-state index contributed by atoms with van der Waals surface area (Å²) in [7, 11) is 0. The van der Waals surface area contributed by atoms with Crippen molar-refractivity contribution in [1.29, 1.82) is 0 Å². The van der Waals surface area contributed by atoms with Crippen LogP contribution in [0.15, 0.2) is 24.3 Å². The van der Waals surface area contributed by atoms with E-state index in [2.05, 4.69) is 4.74 Å². The monoisotopic (exact) mass is 170 g/mol. The molecular formula is C8H10O4. The predicted molar refractivity (Wildman–Crippen MR) is 42.5 cm³/mol. The van der Waals surface area contributed by atoms with Crippen molar-refractivity contribution in [3.63, 3.8) is 0 Å². The largest absolute Gasteiger partial charge is 0.478 e. The van der Waals surface area contributed by atoms with Gasteiger partial charge in [-0.05, 0) is 6.92 Å². The Labute approximate surface area is 70.1 Å². The molecule has 0 unspecified atom stereocenters. The second kappa shape index (κ2) is 6.15. The summed E-state index contributed by atoms with van der Waals surface area (Å²) in [5, 5.41) is 8.15. The fraction of sp³-hybridized carbons (Fsp3) is 0.250. The third kappa shape index (κ3) is 6.54. The van der Waals surface area contributed by atoms with Crippen molar-refractivity contribution in [2.45, 2.75) is 6.92 Å². The topological polar surface area (TPSA) is 63.6 Å². The van der Waals surface area contributed by atoms with E-state index in [0.29, 0.717) is 6.61 Å². The minimum Gasteiger partial charge on any atom is -0.478 e. The highest BCUT2D eigenvalue weighted by atomic mass is 16.5. The zero-order valence-corrected chi connectivity index (χ0v) is 6.69. The Morgan fingerprint density at radius 3 is 2.42 bits per heavy atom. The van der Waals surface area contributed by atoms with E-state index in [1.165, 1.54) is 12.2 Å². The number of carbonyl (C=O) groups is 2. The summed E-state index contributed by atoms with van der Waals surface area (Å²) in [4.78, 5) is 20.5. The van der Waals surface area contributed by atoms with Crippen LogP contribution in [-0.2, 0) is 14.3 Å². The number of allylic oxidation sites excluding steroid dienone is 2. The van der Waals surface area contributed by atoms with Gasteiger partial charge in [-0.1, -0.05) is 12.2 Å². The van der Waals surface area contributed by atoms with Crippen molar-refractivity contribution in [3.05, 3.63) is 24.3 Å². The van der Waals surface area contributed by atoms with Gasteiger partial charge in [0.1, 0.15) is 0 Å². The van der Waals surface area contributed by atoms with E-state index in [-0.39, 0.29) is 0 Å². The molecule has 12 heavy (non-hydrogen) atoms. The van der Waals surface area contributed by atoms with Crippen molar-refractivity contribution < 1.29 is 19.4 Å². The predicted octanol–water partition coefficient (Wildman–Crippen LogP) is 0.746. The standard InChI is InChI=1S/C8H10O4/c1-2-12-8(11)6-4-3-5-7(9)10/h3-6H,2H2,1H3,(H,9,10)/b5-3+,6-4+. The van der Waals surface area contributed by atoms with Gasteiger partial charge in [0.2, 0.25) is 0 Å². The van der Waals surface area contributed by atoms with Crippen LogP contribution in [0.2, 0.25) is 0 Å². The van der Waals surface area contributed by atoms with Crippen molar-refractivity contribution in [2.75, 3.05) is 6.61 Å². The lowest BCUT2D eigenvalue weighted by Gasteiger charge is -1.92. The molecular weight excluding hydrogens is 160 g/mol. The highest BCUT2D eigenvalue weighted by molar-refractivity contribution is 5.83. The van der Waals surface area contributed by atoms with Gasteiger partial charge in [0.25, 0.3) is 0 Å². The molecule has 0 aromatic carbocycles. The van der Waals surface area contributed by atoms with Gasteiger partial charge in [0.15, 0.2) is 0 Å². The van der Waals surface area contributed by atoms with Gasteiger partial charge < -0.3 is 9.84 Å². The number of aliphatic carboxylic acids is 1. The number of carbonyl (C=O) groups excluding carboxylic acids is 1. The summed E-state index contributed by atoms with van der Waals surface area (Å²) in [5.74, 6) is -1.53. The van der Waals surface area contributed by atoms with Crippen LogP contribution in [0.5, 0.6) is 0 Å². The first-order chi connectivity index (χ1) is 5.66. The number of ether oxygens (including phenoxy) is 1. The van der Waals surface area contributed by atoms with Crippen molar-refractivity contribution in [3.8, 4) is 0 Å². The van der Waals surface area contributed by atoms with Crippen LogP contribution in [0, 0.1) is 0 Å². The molecule has 0 rings (SSSR count). The van der Waals surface area contributed by atoms with Gasteiger partial charge in [0.05, 0.1) is 6.61 Å². The molecule has 0 aliphatic carbocycles. The number of hydrogen-bond donors (Lipinski definition) is 1. The molecule has 0 saturated carbocycles. The molecule has 66 valence electrons. The van der Waals surface area contributed by atoms with Gasteiger partial charge >= 0.3 is 11.9 Å². The quantitative estimate of drug-likeness (QED) is 0.384. The zero-order valence-electron chi connectivity index (χ0n) is 6.69. The van der Waals surface area contributed by atoms with Crippen LogP contribution in [-0.4, -0.2) is 23.7 Å². The smallest absolute Gasteiger partial charge is 0.330 e. The lowest BCUT2D eigenvalue weighted by atomic mass is 10.4. The van der Waals surface area contributed by atoms with E-state index in [1.807, 2.05) is 0 Å². The number of carboxylic acid groups (broad SMARTS) is 1. The average molecular weight is 170 g/mol. The molecule has 4 nitrogen and oxygen atoms in total. The molecule has 0 fully saturated rings. The van der Waals surface area contributed by atoms with E-state index in [0.717, 1.165) is 12.2 Å². The highest BCUT2D eigenvalue weighted by Gasteiger charge is 1.90. The molecule has 0 aliphatic rings. The maximum absolute atomic E-state index is 10.6. The highest BCUT2D eigenvalue weighted by Crippen LogP contribution is 1.82. The van der Waals surface area contributed by atoms with Crippen molar-refractivity contribution in [2.24, 2.45) is 0 Å². The molecule has 0 aromatic heterocycles. The molecule has 0 bridgehead atoms. The van der Waals surface area contributed by atoms with E-state index >= 15 is 0 Å². The minimum atomic E-state index is -1.05. The summed E-state index contributed by atoms with van der Waals surface area (Å²) in [6.07, 6.45) is 4.64. The van der Waals surface area contributed by atoms with Crippen molar-refractivity contribution in [1.82, 2.24) is 0 Å². The summed E-state index contributed by atoms with van der Waals surface area (Å²) < 4.78 is 4.54. The maximum atomic E-state index is 10.6. The van der Waals surface area contributed by atoms with Gasteiger partial charge in [-0.25, -0.2) is 9.59 Å². The molecule has 0 radical (unpaired) electrons. The summed E-state index contributed by atoms with van der Waals surface area (Å²) in [5.41, 5.74) is 0. The normalized spacial score (nSPS) is 10.8. The van der Waals surface area contributed by atoms with Crippen LogP contribution in [0.25, 0.3) is 0 Å². The van der Waals surface area contributed by atoms with Crippen LogP contribution >= 0.6 is 0 Å². The second-order valence-corrected chi connectivity index (χ2v) is 1.81. The summed E-state index contributed by atoms with van der Waals surface area (Å²) in [6.45, 7) is 2.00. The lowest BCUT2D eigenvalue weighted by molar-refractivity contribution is -0.137. The van der Waals surface area contributed by atoms with Gasteiger partial charge in [0, 0.05) is 12.2 Å². The molecule has 0 spiro atoms. The molecule has 4 heteroatoms. The van der Waals surface area contributed by atoms with E-state index in [4.69, 9.17) is 5.11 Å². The molecule has 0 saturated heterocycles. The van der Waals surface area contributed by atoms with Crippen LogP contribution in [0.3, 0.4) is 0 Å². The van der Waals surface area contributed by atoms with Crippen LogP contribution in [0.4, 0.5) is 0 Å². The average Bonchev–Trinajstić information content (AvgIpc) is 1.98. The van der Waals surface area contributed by atoms with Gasteiger partial charge in [-0.3, -0.25) is 0 Å². The third-order valence-electron chi connectivity index (χ3n) is 0.869. The number of carboxylic acids is 1. The van der Waals surface area contributed by atoms with Gasteiger partial charge in [-0.15, -0.1) is 0 Å². The first-order valence-corrected chi connectivity index (χ1v) is 3.41. The number of rotatable bonds is 4. The Kier molecular flexibility index (Phi) is 5.34. The number of esters is 1. The summed E-state index contributed by atoms with van der Waals surface area (Å²) in [6, 6.07) is 0. The minimum absolute atomic E-state index is 0.311. The molecule has 0 aliphatic heterocycles. The van der Waals surface area contributed by atoms with Crippen LogP contribution in [0.1, 0.15) is 6.92 Å². The Bertz CT molecular complexity index is 215. The Hall–Kier alpha value is -1.58. The maximum Gasteiger partial charge on any atom is 0.330 e. The SMILES string of the molecule is CCOC(=O)/C=C/C=C/C(=O)O. The zero-order chi connectivity index (χ0) is 9.40. The van der Waals surface area contributed by atoms with E-state index < -0.39 is 11.9 Å². The Morgan fingerprint density at radius 2 is 1.92 bits per heavy atom. The van der Waals surface area contributed by atoms with E-state index in [9.17, 15) is 9.59 Å². The van der Waals surface area contributed by atoms with Crippen molar-refractivity contribution >= 4 is 11.9 Å². The Balaban J connectivity index is 3.75. The first kappa shape index (κ1) is 10.4. The Morgan fingerprint density at radius 1 is 1.33 bits per heavy atom. The third-order valence-corrected chi connectivity index (χ3v) is 0.869. The number of hydrogen-bond acceptors (Lipinski definition) is 3. The fourth-order valence-corrected chi connectivity index (χ4v) is 0.462. The fourth-order valence-electron chi connectivity index (χ4n) is 0.462. The van der Waals surface area contributed by atoms with E-state index in [1.54, 1.807) is 6.92 Å². The molecule has 0 amide bonds. The molecule has 1 N–H and O–H groups in total. The van der Waals surface area contributed by atoms with Gasteiger partial charge in [-0.2, -0.15) is 0 Å².